The van der Waals surface area contributed by atoms with Gasteiger partial charge in [-0.1, -0.05) is 35.5 Å². The number of primary amides is 1. The molecule has 0 bridgehead atoms. The molecule has 3 amide bonds. The fourth-order valence-electron chi connectivity index (χ4n) is 1.84. The standard InChI is InChI=1S/C15H17ClN4O3S2/c16-10-4-2-9(3-5-10)8-24-14-11(12(17)22)13(25-20-14)19-15(23)18-6-1-7-21/h2-5,21H,1,6-8H2,(H2,17,22)(H2,18,19,23). The maximum absolute atomic E-state index is 11.8. The number of nitrogens with two attached hydrogens (primary N) is 1. The van der Waals surface area contributed by atoms with Crippen LogP contribution < -0.4 is 16.4 Å². The predicted octanol–water partition coefficient (Wildman–Crippen LogP) is 2.69. The molecule has 0 spiro atoms. The van der Waals surface area contributed by atoms with Crippen molar-refractivity contribution in [1.82, 2.24) is 9.69 Å². The number of thioether (sulfide) groups is 1. The molecule has 0 atom stereocenters. The lowest BCUT2D eigenvalue weighted by Crippen LogP contribution is -2.30. The third kappa shape index (κ3) is 5.89. The largest absolute Gasteiger partial charge is 0.396 e. The number of halogens is 1. The van der Waals surface area contributed by atoms with E-state index in [2.05, 4.69) is 15.0 Å². The fourth-order valence-corrected chi connectivity index (χ4v) is 3.89. The molecule has 10 heteroatoms. The molecule has 0 aliphatic rings. The summed E-state index contributed by atoms with van der Waals surface area (Å²) >= 11 is 8.20. The Labute approximate surface area is 158 Å². The van der Waals surface area contributed by atoms with Crippen LogP contribution in [0, 0.1) is 0 Å². The number of carbonyl (C=O) groups excluding carboxylic acids is 2. The summed E-state index contributed by atoms with van der Waals surface area (Å²) in [6.07, 6.45) is 0.445. The Hall–Kier alpha value is -1.81. The number of carbonyl (C=O) groups is 2. The third-order valence-electron chi connectivity index (χ3n) is 3.04. The highest BCUT2D eigenvalue weighted by molar-refractivity contribution is 7.98. The molecule has 25 heavy (non-hydrogen) atoms. The molecule has 0 fully saturated rings. The van der Waals surface area contributed by atoms with Crippen molar-refractivity contribution in [2.45, 2.75) is 17.2 Å². The Kier molecular flexibility index (Phi) is 7.51. The lowest BCUT2D eigenvalue weighted by atomic mass is 10.2. The maximum atomic E-state index is 11.8. The molecule has 0 saturated carbocycles. The summed E-state index contributed by atoms with van der Waals surface area (Å²) in [6, 6.07) is 6.88. The number of hydrogen-bond acceptors (Lipinski definition) is 6. The second-order valence-corrected chi connectivity index (χ2v) is 7.10. The number of nitrogens with zero attached hydrogens (tertiary/aromatic N) is 1. The number of hydrogen-bond donors (Lipinski definition) is 4. The predicted molar refractivity (Wildman–Crippen MR) is 100 cm³/mol. The minimum absolute atomic E-state index is 0.0150. The zero-order chi connectivity index (χ0) is 18.2. The molecule has 7 nitrogen and oxygen atoms in total. The topological polar surface area (TPSA) is 117 Å². The number of urea groups is 1. The highest BCUT2D eigenvalue weighted by Gasteiger charge is 2.20. The Morgan fingerprint density at radius 2 is 2.04 bits per heavy atom. The molecule has 0 unspecified atom stereocenters. The SMILES string of the molecule is NC(=O)c1c(SCc2ccc(Cl)cc2)nsc1NC(=O)NCCCO. The molecule has 5 N–H and O–H groups in total. The number of amides is 3. The Balaban J connectivity index is 2.04. The van der Waals surface area contributed by atoms with Crippen LogP contribution in [0.4, 0.5) is 9.80 Å². The van der Waals surface area contributed by atoms with Gasteiger partial charge >= 0.3 is 6.03 Å². The van der Waals surface area contributed by atoms with E-state index in [9.17, 15) is 9.59 Å². The van der Waals surface area contributed by atoms with Crippen molar-refractivity contribution in [2.75, 3.05) is 18.5 Å². The number of anilines is 1. The van der Waals surface area contributed by atoms with Crippen LogP contribution in [0.5, 0.6) is 0 Å². The lowest BCUT2D eigenvalue weighted by Gasteiger charge is -2.06. The molecule has 134 valence electrons. The van der Waals surface area contributed by atoms with Crippen molar-refractivity contribution in [3.63, 3.8) is 0 Å². The van der Waals surface area contributed by atoms with Gasteiger partial charge in [-0.2, -0.15) is 4.37 Å². The van der Waals surface area contributed by atoms with E-state index in [1.54, 1.807) is 12.1 Å². The van der Waals surface area contributed by atoms with Crippen molar-refractivity contribution < 1.29 is 14.7 Å². The summed E-state index contributed by atoms with van der Waals surface area (Å²) in [4.78, 5) is 23.5. The van der Waals surface area contributed by atoms with E-state index >= 15 is 0 Å². The molecule has 1 heterocycles. The van der Waals surface area contributed by atoms with E-state index in [0.717, 1.165) is 17.1 Å². The number of aliphatic hydroxyl groups is 1. The van der Waals surface area contributed by atoms with Crippen molar-refractivity contribution in [3.8, 4) is 0 Å². The summed E-state index contributed by atoms with van der Waals surface area (Å²) in [7, 11) is 0. The Morgan fingerprint density at radius 1 is 1.32 bits per heavy atom. The smallest absolute Gasteiger partial charge is 0.319 e. The van der Waals surface area contributed by atoms with Crippen LogP contribution in [0.3, 0.4) is 0 Å². The molecule has 1 aromatic carbocycles. The van der Waals surface area contributed by atoms with Crippen molar-refractivity contribution >= 4 is 51.8 Å². The van der Waals surface area contributed by atoms with Gasteiger partial charge in [0.1, 0.15) is 15.6 Å². The van der Waals surface area contributed by atoms with Crippen molar-refractivity contribution in [1.29, 1.82) is 0 Å². The maximum Gasteiger partial charge on any atom is 0.319 e. The average Bonchev–Trinajstić information content (AvgIpc) is 2.97. The summed E-state index contributed by atoms with van der Waals surface area (Å²) in [6.45, 7) is 0.310. The second kappa shape index (κ2) is 9.62. The van der Waals surface area contributed by atoms with Gasteiger partial charge in [0, 0.05) is 23.9 Å². The molecular formula is C15H17ClN4O3S2. The molecule has 0 radical (unpaired) electrons. The summed E-state index contributed by atoms with van der Waals surface area (Å²) < 4.78 is 4.21. The van der Waals surface area contributed by atoms with E-state index in [1.165, 1.54) is 11.8 Å². The van der Waals surface area contributed by atoms with Crippen LogP contribution in [0.15, 0.2) is 29.3 Å². The first-order chi connectivity index (χ1) is 12.0. The highest BCUT2D eigenvalue weighted by atomic mass is 35.5. The number of aliphatic hydroxyl groups excluding tert-OH is 1. The normalized spacial score (nSPS) is 10.5. The van der Waals surface area contributed by atoms with Gasteiger partial charge in [-0.3, -0.25) is 10.1 Å². The van der Waals surface area contributed by atoms with Crippen LogP contribution in [-0.4, -0.2) is 34.6 Å². The first-order valence-electron chi connectivity index (χ1n) is 7.33. The van der Waals surface area contributed by atoms with Gasteiger partial charge in [0.15, 0.2) is 0 Å². The van der Waals surface area contributed by atoms with Gasteiger partial charge in [-0.05, 0) is 35.6 Å². The summed E-state index contributed by atoms with van der Waals surface area (Å²) in [5.74, 6) is -0.0680. The number of rotatable bonds is 8. The number of aromatic nitrogens is 1. The molecule has 1 aromatic heterocycles. The third-order valence-corrected chi connectivity index (χ3v) is 5.22. The Morgan fingerprint density at radius 3 is 2.68 bits per heavy atom. The van der Waals surface area contributed by atoms with Crippen LogP contribution in [0.2, 0.25) is 5.02 Å². The minimum atomic E-state index is -0.655. The number of nitrogens with one attached hydrogen (secondary N) is 2. The van der Waals surface area contributed by atoms with Crippen LogP contribution in [0.25, 0.3) is 0 Å². The van der Waals surface area contributed by atoms with Gasteiger partial charge in [-0.25, -0.2) is 4.79 Å². The fraction of sp³-hybridized carbons (Fsp3) is 0.267. The number of benzene rings is 1. The van der Waals surface area contributed by atoms with Gasteiger partial charge in [0.2, 0.25) is 0 Å². The van der Waals surface area contributed by atoms with Crippen LogP contribution in [-0.2, 0) is 5.75 Å². The molecular weight excluding hydrogens is 384 g/mol. The van der Waals surface area contributed by atoms with E-state index < -0.39 is 11.9 Å². The van der Waals surface area contributed by atoms with E-state index in [0.29, 0.717) is 33.8 Å². The zero-order valence-electron chi connectivity index (χ0n) is 13.1. The Bertz CT molecular complexity index is 737. The first kappa shape index (κ1) is 19.5. The summed E-state index contributed by atoms with van der Waals surface area (Å²) in [5.41, 5.74) is 6.66. The molecule has 0 aliphatic carbocycles. The van der Waals surface area contributed by atoms with Gasteiger partial charge in [-0.15, -0.1) is 0 Å². The second-order valence-electron chi connectivity index (χ2n) is 4.93. The zero-order valence-corrected chi connectivity index (χ0v) is 15.5. The summed E-state index contributed by atoms with van der Waals surface area (Å²) in [5, 5.41) is 15.3. The van der Waals surface area contributed by atoms with Gasteiger partial charge in [0.25, 0.3) is 5.91 Å². The van der Waals surface area contributed by atoms with Gasteiger partial charge in [0.05, 0.1) is 0 Å². The molecule has 2 aromatic rings. The molecule has 0 saturated heterocycles. The van der Waals surface area contributed by atoms with Crippen LogP contribution >= 0.6 is 34.9 Å². The molecule has 2 rings (SSSR count). The van der Waals surface area contributed by atoms with E-state index in [4.69, 9.17) is 22.4 Å². The van der Waals surface area contributed by atoms with E-state index in [1.807, 2.05) is 12.1 Å². The van der Waals surface area contributed by atoms with E-state index in [-0.39, 0.29) is 12.2 Å². The lowest BCUT2D eigenvalue weighted by molar-refractivity contribution is 0.0998. The van der Waals surface area contributed by atoms with Crippen molar-refractivity contribution in [2.24, 2.45) is 5.73 Å². The first-order valence-corrected chi connectivity index (χ1v) is 9.47. The van der Waals surface area contributed by atoms with Crippen LogP contribution in [0.1, 0.15) is 22.3 Å². The van der Waals surface area contributed by atoms with Gasteiger partial charge < -0.3 is 16.2 Å². The van der Waals surface area contributed by atoms with Crippen molar-refractivity contribution in [3.05, 3.63) is 40.4 Å². The quantitative estimate of drug-likeness (QED) is 0.401. The average molecular weight is 401 g/mol. The monoisotopic (exact) mass is 400 g/mol. The molecule has 0 aliphatic heterocycles. The minimum Gasteiger partial charge on any atom is -0.396 e. The highest BCUT2D eigenvalue weighted by Crippen LogP contribution is 2.33.